The Morgan fingerprint density at radius 3 is 2.38 bits per heavy atom. The Labute approximate surface area is 129 Å². The van der Waals surface area contributed by atoms with Crippen molar-refractivity contribution in [1.29, 1.82) is 0 Å². The predicted octanol–water partition coefficient (Wildman–Crippen LogP) is 4.18. The summed E-state index contributed by atoms with van der Waals surface area (Å²) in [6.45, 7) is 2.31. The van der Waals surface area contributed by atoms with Crippen molar-refractivity contribution in [3.63, 3.8) is 0 Å². The number of methoxy groups -OCH3 is 2. The summed E-state index contributed by atoms with van der Waals surface area (Å²) in [6, 6.07) is 6.52. The fourth-order valence-corrected chi connectivity index (χ4v) is 3.73. The molecule has 1 fully saturated rings. The summed E-state index contributed by atoms with van der Waals surface area (Å²) in [4.78, 5) is 0. The van der Waals surface area contributed by atoms with E-state index >= 15 is 0 Å². The number of rotatable bonds is 6. The smallest absolute Gasteiger partial charge is 0.165 e. The highest BCUT2D eigenvalue weighted by atomic mass is 16.5. The topological polar surface area (TPSA) is 30.5 Å². The summed E-state index contributed by atoms with van der Waals surface area (Å²) in [5.74, 6) is 3.29. The van der Waals surface area contributed by atoms with Crippen LogP contribution in [0.15, 0.2) is 18.2 Å². The van der Waals surface area contributed by atoms with Gasteiger partial charge in [-0.15, -0.1) is 0 Å². The van der Waals surface area contributed by atoms with Crippen LogP contribution in [-0.4, -0.2) is 21.3 Å². The lowest BCUT2D eigenvalue weighted by Gasteiger charge is -2.34. The molecule has 0 radical (unpaired) electrons. The Morgan fingerprint density at radius 1 is 1.14 bits per heavy atom. The third-order valence-corrected chi connectivity index (χ3v) is 5.02. The number of para-hydroxylation sites is 1. The molecule has 1 unspecified atom stereocenters. The highest BCUT2D eigenvalue weighted by Gasteiger charge is 2.29. The van der Waals surface area contributed by atoms with Gasteiger partial charge in [-0.05, 0) is 37.8 Å². The van der Waals surface area contributed by atoms with Crippen molar-refractivity contribution in [1.82, 2.24) is 5.32 Å². The van der Waals surface area contributed by atoms with Crippen LogP contribution in [0.4, 0.5) is 0 Å². The average molecular weight is 291 g/mol. The van der Waals surface area contributed by atoms with Crippen molar-refractivity contribution in [2.75, 3.05) is 21.3 Å². The van der Waals surface area contributed by atoms with Crippen molar-refractivity contribution in [2.24, 2.45) is 11.8 Å². The second-order valence-corrected chi connectivity index (χ2v) is 6.04. The van der Waals surface area contributed by atoms with Gasteiger partial charge >= 0.3 is 0 Å². The Bertz CT molecular complexity index is 439. The molecule has 0 amide bonds. The van der Waals surface area contributed by atoms with E-state index in [4.69, 9.17) is 9.47 Å². The lowest BCUT2D eigenvalue weighted by molar-refractivity contribution is 0.220. The fraction of sp³-hybridized carbons (Fsp3) is 0.667. The molecule has 1 aliphatic carbocycles. The third kappa shape index (κ3) is 3.52. The molecular formula is C18H29NO2. The second-order valence-electron chi connectivity index (χ2n) is 6.04. The Kier molecular flexibility index (Phi) is 5.92. The average Bonchev–Trinajstić information content (AvgIpc) is 2.55. The summed E-state index contributed by atoms with van der Waals surface area (Å²) < 4.78 is 11.1. The van der Waals surface area contributed by atoms with Crippen LogP contribution in [0.3, 0.4) is 0 Å². The zero-order chi connectivity index (χ0) is 15.2. The monoisotopic (exact) mass is 291 g/mol. The second kappa shape index (κ2) is 7.69. The molecule has 0 aliphatic heterocycles. The normalized spacial score (nSPS) is 23.6. The molecule has 118 valence electrons. The van der Waals surface area contributed by atoms with Crippen molar-refractivity contribution in [3.8, 4) is 11.5 Å². The molecule has 0 bridgehead atoms. The molecule has 3 heteroatoms. The lowest BCUT2D eigenvalue weighted by Crippen LogP contribution is -2.29. The van der Waals surface area contributed by atoms with E-state index in [1.54, 1.807) is 14.2 Å². The number of benzene rings is 1. The highest BCUT2D eigenvalue weighted by Crippen LogP contribution is 2.42. The quantitative estimate of drug-likeness (QED) is 0.853. The van der Waals surface area contributed by atoms with E-state index in [0.29, 0.717) is 12.0 Å². The van der Waals surface area contributed by atoms with Crippen LogP contribution in [-0.2, 0) is 0 Å². The van der Waals surface area contributed by atoms with Gasteiger partial charge in [0.15, 0.2) is 11.5 Å². The van der Waals surface area contributed by atoms with E-state index in [1.165, 1.54) is 37.7 Å². The first-order chi connectivity index (χ1) is 10.2. The van der Waals surface area contributed by atoms with E-state index in [2.05, 4.69) is 31.4 Å². The van der Waals surface area contributed by atoms with E-state index in [0.717, 1.165) is 17.4 Å². The summed E-state index contributed by atoms with van der Waals surface area (Å²) in [5, 5.41) is 3.51. The maximum Gasteiger partial charge on any atom is 0.165 e. The summed E-state index contributed by atoms with van der Waals surface area (Å²) in [6.07, 6.45) is 6.62. The molecule has 1 aliphatic rings. The summed E-state index contributed by atoms with van der Waals surface area (Å²) >= 11 is 0. The molecule has 0 saturated heterocycles. The minimum absolute atomic E-state index is 0.341. The Hall–Kier alpha value is -1.22. The highest BCUT2D eigenvalue weighted by molar-refractivity contribution is 5.48. The summed E-state index contributed by atoms with van der Waals surface area (Å²) in [7, 11) is 5.47. The van der Waals surface area contributed by atoms with Crippen LogP contribution in [0, 0.1) is 11.8 Å². The van der Waals surface area contributed by atoms with E-state index in [-0.39, 0.29) is 0 Å². The first kappa shape index (κ1) is 16.2. The third-order valence-electron chi connectivity index (χ3n) is 5.02. The van der Waals surface area contributed by atoms with Gasteiger partial charge in [0.1, 0.15) is 0 Å². The molecule has 1 atom stereocenters. The molecule has 3 nitrogen and oxygen atoms in total. The number of hydrogen-bond acceptors (Lipinski definition) is 3. The number of ether oxygens (including phenoxy) is 2. The number of nitrogens with one attached hydrogen (secondary N) is 1. The van der Waals surface area contributed by atoms with Gasteiger partial charge in [0.05, 0.1) is 14.2 Å². The maximum absolute atomic E-state index is 5.62. The van der Waals surface area contributed by atoms with Crippen LogP contribution in [0.1, 0.15) is 50.6 Å². The molecule has 1 aromatic rings. The minimum Gasteiger partial charge on any atom is -0.493 e. The first-order valence-corrected chi connectivity index (χ1v) is 8.13. The van der Waals surface area contributed by atoms with Gasteiger partial charge in [0.2, 0.25) is 0 Å². The fourth-order valence-electron chi connectivity index (χ4n) is 3.73. The summed E-state index contributed by atoms with van der Waals surface area (Å²) in [5.41, 5.74) is 1.22. The predicted molar refractivity (Wildman–Crippen MR) is 87.1 cm³/mol. The van der Waals surface area contributed by atoms with Crippen molar-refractivity contribution < 1.29 is 9.47 Å². The SMILES string of the molecule is CCC1CCC(C(NC)c2cccc(OC)c2OC)CC1. The van der Waals surface area contributed by atoms with Gasteiger partial charge < -0.3 is 14.8 Å². The minimum atomic E-state index is 0.341. The van der Waals surface area contributed by atoms with Gasteiger partial charge in [-0.25, -0.2) is 0 Å². The van der Waals surface area contributed by atoms with E-state index in [9.17, 15) is 0 Å². The largest absolute Gasteiger partial charge is 0.493 e. The van der Waals surface area contributed by atoms with Crippen LogP contribution >= 0.6 is 0 Å². The van der Waals surface area contributed by atoms with Crippen LogP contribution in [0.2, 0.25) is 0 Å². The molecular weight excluding hydrogens is 262 g/mol. The van der Waals surface area contributed by atoms with Gasteiger partial charge in [-0.3, -0.25) is 0 Å². The first-order valence-electron chi connectivity index (χ1n) is 8.13. The molecule has 0 heterocycles. The van der Waals surface area contributed by atoms with Gasteiger partial charge in [0.25, 0.3) is 0 Å². The standard InChI is InChI=1S/C18H29NO2/c1-5-13-9-11-14(12-10-13)17(19-2)15-7-6-8-16(20-3)18(15)21-4/h6-8,13-14,17,19H,5,9-12H2,1-4H3. The van der Waals surface area contributed by atoms with Crippen molar-refractivity contribution in [3.05, 3.63) is 23.8 Å². The van der Waals surface area contributed by atoms with Crippen LogP contribution < -0.4 is 14.8 Å². The molecule has 21 heavy (non-hydrogen) atoms. The molecule has 1 aromatic carbocycles. The maximum atomic E-state index is 5.62. The Balaban J connectivity index is 2.22. The zero-order valence-electron chi connectivity index (χ0n) is 13.8. The van der Waals surface area contributed by atoms with Crippen molar-refractivity contribution in [2.45, 2.75) is 45.1 Å². The van der Waals surface area contributed by atoms with Crippen LogP contribution in [0.5, 0.6) is 11.5 Å². The van der Waals surface area contributed by atoms with Crippen molar-refractivity contribution >= 4 is 0 Å². The van der Waals surface area contributed by atoms with Gasteiger partial charge in [-0.1, -0.05) is 38.3 Å². The molecule has 1 saturated carbocycles. The van der Waals surface area contributed by atoms with E-state index < -0.39 is 0 Å². The van der Waals surface area contributed by atoms with Gasteiger partial charge in [0, 0.05) is 11.6 Å². The molecule has 1 N–H and O–H groups in total. The number of hydrogen-bond donors (Lipinski definition) is 1. The molecule has 2 rings (SSSR count). The Morgan fingerprint density at radius 2 is 1.86 bits per heavy atom. The molecule has 0 spiro atoms. The molecule has 0 aromatic heterocycles. The van der Waals surface area contributed by atoms with Gasteiger partial charge in [-0.2, -0.15) is 0 Å². The zero-order valence-corrected chi connectivity index (χ0v) is 13.8. The van der Waals surface area contributed by atoms with E-state index in [1.807, 2.05) is 6.07 Å². The van der Waals surface area contributed by atoms with Crippen LogP contribution in [0.25, 0.3) is 0 Å². The lowest BCUT2D eigenvalue weighted by atomic mass is 9.76.